The van der Waals surface area contributed by atoms with Crippen molar-refractivity contribution in [3.63, 3.8) is 0 Å². The minimum Gasteiger partial charge on any atom is -0.422 e. The van der Waals surface area contributed by atoms with E-state index < -0.39 is 11.5 Å². The van der Waals surface area contributed by atoms with Gasteiger partial charge in [-0.1, -0.05) is 22.4 Å². The molecular formula is C23H19BrN4O3. The van der Waals surface area contributed by atoms with E-state index in [-0.39, 0.29) is 5.56 Å². The molecule has 0 fully saturated rings. The van der Waals surface area contributed by atoms with E-state index in [0.29, 0.717) is 16.7 Å². The summed E-state index contributed by atoms with van der Waals surface area (Å²) in [7, 11) is 0. The molecule has 0 spiro atoms. The van der Waals surface area contributed by atoms with Gasteiger partial charge in [-0.15, -0.1) is 10.2 Å². The van der Waals surface area contributed by atoms with Crippen LogP contribution in [0, 0.1) is 0 Å². The highest BCUT2D eigenvalue weighted by Crippen LogP contribution is 2.24. The van der Waals surface area contributed by atoms with E-state index >= 15 is 0 Å². The maximum absolute atomic E-state index is 12.7. The molecule has 0 unspecified atom stereocenters. The fourth-order valence-corrected chi connectivity index (χ4v) is 4.23. The predicted octanol–water partition coefficient (Wildman–Crippen LogP) is 4.79. The molecule has 0 radical (unpaired) electrons. The highest BCUT2D eigenvalue weighted by atomic mass is 79.9. The normalized spacial score (nSPS) is 13.6. The first kappa shape index (κ1) is 19.7. The molecule has 7 nitrogen and oxygen atoms in total. The van der Waals surface area contributed by atoms with Gasteiger partial charge in [-0.3, -0.25) is 4.79 Å². The molecule has 1 amide bonds. The molecule has 0 bridgehead atoms. The van der Waals surface area contributed by atoms with Gasteiger partial charge in [0.1, 0.15) is 17.0 Å². The molecular weight excluding hydrogens is 460 g/mol. The molecule has 31 heavy (non-hydrogen) atoms. The van der Waals surface area contributed by atoms with Crippen molar-refractivity contribution in [3.8, 4) is 11.4 Å². The van der Waals surface area contributed by atoms with Crippen LogP contribution in [0.15, 0.2) is 62.2 Å². The second-order valence-corrected chi connectivity index (χ2v) is 8.48. The summed E-state index contributed by atoms with van der Waals surface area (Å²) in [6.07, 6.45) is 4.42. The topological polar surface area (TPSA) is 90.0 Å². The standard InChI is InChI=1S/C23H19BrN4O3/c24-16-7-10-19-15(12-16)13-18(23(30)31-19)22(29)25-17-8-5-14(6-9-17)21-27-26-20-4-2-1-3-11-28(20)21/h5-10,12-13H,1-4,11H2,(H,25,29). The third-order valence-electron chi connectivity index (χ3n) is 5.45. The predicted molar refractivity (Wildman–Crippen MR) is 121 cm³/mol. The Labute approximate surface area is 186 Å². The molecule has 2 aromatic heterocycles. The van der Waals surface area contributed by atoms with Crippen LogP contribution in [0.25, 0.3) is 22.4 Å². The molecule has 4 aromatic rings. The Morgan fingerprint density at radius 3 is 2.71 bits per heavy atom. The zero-order valence-corrected chi connectivity index (χ0v) is 18.2. The first-order valence-electron chi connectivity index (χ1n) is 10.2. The number of fused-ring (bicyclic) bond motifs is 2. The minimum atomic E-state index is -0.671. The number of benzene rings is 2. The Balaban J connectivity index is 1.38. The Kier molecular flexibility index (Phi) is 5.15. The van der Waals surface area contributed by atoms with Gasteiger partial charge in [-0.25, -0.2) is 4.79 Å². The second-order valence-electron chi connectivity index (χ2n) is 7.56. The maximum Gasteiger partial charge on any atom is 0.349 e. The minimum absolute atomic E-state index is 0.0440. The highest BCUT2D eigenvalue weighted by molar-refractivity contribution is 9.10. The van der Waals surface area contributed by atoms with Gasteiger partial charge < -0.3 is 14.3 Å². The second kappa shape index (κ2) is 8.11. The van der Waals surface area contributed by atoms with Gasteiger partial charge in [0.2, 0.25) is 0 Å². The monoisotopic (exact) mass is 478 g/mol. The van der Waals surface area contributed by atoms with Crippen LogP contribution in [0.1, 0.15) is 35.4 Å². The number of nitrogens with one attached hydrogen (secondary N) is 1. The Bertz CT molecular complexity index is 1340. The Morgan fingerprint density at radius 1 is 1.03 bits per heavy atom. The highest BCUT2D eigenvalue weighted by Gasteiger charge is 2.17. The van der Waals surface area contributed by atoms with Crippen LogP contribution in [0.2, 0.25) is 0 Å². The van der Waals surface area contributed by atoms with Crippen LogP contribution in [-0.2, 0) is 13.0 Å². The number of hydrogen-bond acceptors (Lipinski definition) is 5. The third kappa shape index (κ3) is 3.90. The summed E-state index contributed by atoms with van der Waals surface area (Å²) in [5.41, 5.74) is 1.24. The van der Waals surface area contributed by atoms with Crippen molar-refractivity contribution in [2.75, 3.05) is 5.32 Å². The number of nitrogens with zero attached hydrogens (tertiary/aromatic N) is 3. The number of halogens is 1. The Hall–Kier alpha value is -3.26. The zero-order valence-electron chi connectivity index (χ0n) is 16.6. The molecule has 1 N–H and O–H groups in total. The van der Waals surface area contributed by atoms with Gasteiger partial charge >= 0.3 is 5.63 Å². The van der Waals surface area contributed by atoms with Gasteiger partial charge in [-0.05, 0) is 61.4 Å². The van der Waals surface area contributed by atoms with Gasteiger partial charge in [0.05, 0.1) is 0 Å². The zero-order chi connectivity index (χ0) is 21.4. The summed E-state index contributed by atoms with van der Waals surface area (Å²) in [5.74, 6) is 1.36. The fourth-order valence-electron chi connectivity index (χ4n) is 3.85. The lowest BCUT2D eigenvalue weighted by Gasteiger charge is -2.09. The third-order valence-corrected chi connectivity index (χ3v) is 5.94. The lowest BCUT2D eigenvalue weighted by Crippen LogP contribution is -2.20. The summed E-state index contributed by atoms with van der Waals surface area (Å²) < 4.78 is 8.30. The number of carbonyl (C=O) groups excluding carboxylic acids is 1. The van der Waals surface area contributed by atoms with E-state index in [1.54, 1.807) is 36.4 Å². The average molecular weight is 479 g/mol. The van der Waals surface area contributed by atoms with Crippen molar-refractivity contribution in [1.29, 1.82) is 0 Å². The molecule has 156 valence electrons. The maximum atomic E-state index is 12.7. The van der Waals surface area contributed by atoms with Crippen molar-refractivity contribution < 1.29 is 9.21 Å². The molecule has 0 saturated carbocycles. The van der Waals surface area contributed by atoms with Gasteiger partial charge in [0.15, 0.2) is 5.82 Å². The first-order chi connectivity index (χ1) is 15.1. The van der Waals surface area contributed by atoms with E-state index in [4.69, 9.17) is 4.42 Å². The molecule has 0 atom stereocenters. The van der Waals surface area contributed by atoms with Crippen LogP contribution < -0.4 is 10.9 Å². The van der Waals surface area contributed by atoms with Gasteiger partial charge in [0.25, 0.3) is 5.91 Å². The van der Waals surface area contributed by atoms with Crippen molar-refractivity contribution in [3.05, 3.63) is 74.8 Å². The summed E-state index contributed by atoms with van der Waals surface area (Å²) in [6, 6.07) is 14.2. The number of hydrogen-bond donors (Lipinski definition) is 1. The molecule has 3 heterocycles. The van der Waals surface area contributed by atoms with Crippen LogP contribution in [0.3, 0.4) is 0 Å². The summed E-state index contributed by atoms with van der Waals surface area (Å²) in [6.45, 7) is 0.921. The summed E-state index contributed by atoms with van der Waals surface area (Å²) >= 11 is 3.38. The number of aromatic nitrogens is 3. The lowest BCUT2D eigenvalue weighted by molar-refractivity contribution is 0.102. The lowest BCUT2D eigenvalue weighted by atomic mass is 10.1. The van der Waals surface area contributed by atoms with E-state index in [2.05, 4.69) is 36.0 Å². The van der Waals surface area contributed by atoms with Gasteiger partial charge in [-0.2, -0.15) is 0 Å². The van der Waals surface area contributed by atoms with Crippen LogP contribution in [-0.4, -0.2) is 20.7 Å². The molecule has 5 rings (SSSR count). The number of amides is 1. The van der Waals surface area contributed by atoms with E-state index in [9.17, 15) is 9.59 Å². The van der Waals surface area contributed by atoms with Crippen LogP contribution in [0.5, 0.6) is 0 Å². The van der Waals surface area contributed by atoms with E-state index in [1.807, 2.05) is 12.1 Å². The summed E-state index contributed by atoms with van der Waals surface area (Å²) in [4.78, 5) is 25.0. The molecule has 8 heteroatoms. The number of carbonyl (C=O) groups is 1. The van der Waals surface area contributed by atoms with Crippen molar-refractivity contribution in [2.45, 2.75) is 32.2 Å². The molecule has 0 aliphatic carbocycles. The van der Waals surface area contributed by atoms with Crippen molar-refractivity contribution in [2.24, 2.45) is 0 Å². The van der Waals surface area contributed by atoms with Gasteiger partial charge in [0, 0.05) is 34.1 Å². The first-order valence-corrected chi connectivity index (χ1v) is 10.9. The number of anilines is 1. The smallest absolute Gasteiger partial charge is 0.349 e. The van der Waals surface area contributed by atoms with Crippen molar-refractivity contribution >= 4 is 38.5 Å². The van der Waals surface area contributed by atoms with Crippen LogP contribution in [0.4, 0.5) is 5.69 Å². The largest absolute Gasteiger partial charge is 0.422 e. The quantitative estimate of drug-likeness (QED) is 0.427. The average Bonchev–Trinajstić information content (AvgIpc) is 3.02. The molecule has 2 aromatic carbocycles. The van der Waals surface area contributed by atoms with E-state index in [0.717, 1.165) is 47.5 Å². The van der Waals surface area contributed by atoms with E-state index in [1.165, 1.54) is 6.42 Å². The molecule has 1 aliphatic heterocycles. The fraction of sp³-hybridized carbons (Fsp3) is 0.217. The number of rotatable bonds is 3. The summed E-state index contributed by atoms with van der Waals surface area (Å²) in [5, 5.41) is 12.1. The number of aryl methyl sites for hydroxylation is 1. The van der Waals surface area contributed by atoms with Crippen LogP contribution >= 0.6 is 15.9 Å². The van der Waals surface area contributed by atoms with Crippen molar-refractivity contribution in [1.82, 2.24) is 14.8 Å². The molecule has 1 aliphatic rings. The molecule has 0 saturated heterocycles. The Morgan fingerprint density at radius 2 is 1.87 bits per heavy atom. The SMILES string of the molecule is O=C(Nc1ccc(-c2nnc3n2CCCCC3)cc1)c1cc2cc(Br)ccc2oc1=O.